The van der Waals surface area contributed by atoms with Gasteiger partial charge in [0, 0.05) is 24.1 Å². The van der Waals surface area contributed by atoms with Crippen molar-refractivity contribution in [2.45, 2.75) is 19.8 Å². The number of thiocarbonyl (C=S) groups is 1. The Morgan fingerprint density at radius 2 is 1.73 bits per heavy atom. The molecule has 2 rings (SSSR count). The lowest BCUT2D eigenvalue weighted by Gasteiger charge is -2.10. The minimum atomic E-state index is -0.405. The van der Waals surface area contributed by atoms with Crippen molar-refractivity contribution in [1.29, 1.82) is 0 Å². The summed E-state index contributed by atoms with van der Waals surface area (Å²) in [6.45, 7) is 1.40. The fourth-order valence-corrected chi connectivity index (χ4v) is 1.84. The minimum Gasteiger partial charge on any atom is -0.326 e. The lowest BCUT2D eigenvalue weighted by Crippen LogP contribution is -2.48. The van der Waals surface area contributed by atoms with Crippen LogP contribution in [0.3, 0.4) is 0 Å². The number of amides is 3. The van der Waals surface area contributed by atoms with E-state index in [4.69, 9.17) is 12.2 Å². The molecule has 1 aromatic carbocycles. The predicted octanol–water partition coefficient (Wildman–Crippen LogP) is 0.690. The van der Waals surface area contributed by atoms with E-state index in [2.05, 4.69) is 21.5 Å². The highest BCUT2D eigenvalue weighted by molar-refractivity contribution is 7.80. The third kappa shape index (κ3) is 4.81. The average Bonchev–Trinajstić information content (AvgIpc) is 3.29. The Kier molecular flexibility index (Phi) is 5.05. The van der Waals surface area contributed by atoms with Crippen molar-refractivity contribution >= 4 is 40.7 Å². The molecule has 0 radical (unpaired) electrons. The summed E-state index contributed by atoms with van der Waals surface area (Å²) in [5.74, 6) is -0.684. The van der Waals surface area contributed by atoms with E-state index in [-0.39, 0.29) is 22.8 Å². The van der Waals surface area contributed by atoms with Gasteiger partial charge in [-0.3, -0.25) is 25.2 Å². The van der Waals surface area contributed by atoms with Crippen LogP contribution >= 0.6 is 12.2 Å². The van der Waals surface area contributed by atoms with Gasteiger partial charge in [-0.15, -0.1) is 0 Å². The molecule has 0 atom stereocenters. The van der Waals surface area contributed by atoms with Gasteiger partial charge in [-0.2, -0.15) is 0 Å². The van der Waals surface area contributed by atoms with Crippen LogP contribution in [0.25, 0.3) is 0 Å². The van der Waals surface area contributed by atoms with Crippen LogP contribution in [0.5, 0.6) is 0 Å². The molecule has 0 heterocycles. The molecule has 7 nitrogen and oxygen atoms in total. The van der Waals surface area contributed by atoms with Crippen LogP contribution in [-0.2, 0) is 9.59 Å². The normalized spacial score (nSPS) is 13.0. The molecule has 0 aliphatic heterocycles. The van der Waals surface area contributed by atoms with Crippen LogP contribution in [0.1, 0.15) is 30.1 Å². The van der Waals surface area contributed by atoms with E-state index >= 15 is 0 Å². The van der Waals surface area contributed by atoms with Crippen LogP contribution in [0.2, 0.25) is 0 Å². The van der Waals surface area contributed by atoms with Crippen molar-refractivity contribution in [2.75, 3.05) is 5.32 Å². The number of hydrogen-bond acceptors (Lipinski definition) is 4. The van der Waals surface area contributed by atoms with Gasteiger partial charge in [0.25, 0.3) is 5.91 Å². The summed E-state index contributed by atoms with van der Waals surface area (Å²) in [5, 5.41) is 5.16. The molecule has 1 aromatic rings. The molecule has 0 spiro atoms. The number of anilines is 1. The van der Waals surface area contributed by atoms with E-state index in [0.717, 1.165) is 12.8 Å². The molecule has 0 aromatic heterocycles. The molecule has 1 aliphatic carbocycles. The highest BCUT2D eigenvalue weighted by Gasteiger charge is 2.30. The molecule has 3 amide bonds. The largest absolute Gasteiger partial charge is 0.326 e. The van der Waals surface area contributed by atoms with Crippen LogP contribution in [-0.4, -0.2) is 22.8 Å². The van der Waals surface area contributed by atoms with Crippen LogP contribution in [0.15, 0.2) is 24.3 Å². The van der Waals surface area contributed by atoms with Crippen LogP contribution in [0.4, 0.5) is 5.69 Å². The van der Waals surface area contributed by atoms with Gasteiger partial charge < -0.3 is 10.6 Å². The third-order valence-electron chi connectivity index (χ3n) is 2.94. The molecular formula is C14H16N4O3S. The Balaban J connectivity index is 1.79. The third-order valence-corrected chi connectivity index (χ3v) is 3.15. The second-order valence-corrected chi connectivity index (χ2v) is 5.34. The highest BCUT2D eigenvalue weighted by Crippen LogP contribution is 2.28. The number of carbonyl (C=O) groups excluding carboxylic acids is 3. The molecule has 0 bridgehead atoms. The zero-order valence-electron chi connectivity index (χ0n) is 11.9. The van der Waals surface area contributed by atoms with Gasteiger partial charge in [0.2, 0.25) is 11.8 Å². The maximum atomic E-state index is 11.9. The maximum Gasteiger partial charge on any atom is 0.269 e. The first-order valence-electron chi connectivity index (χ1n) is 6.74. The summed E-state index contributed by atoms with van der Waals surface area (Å²) < 4.78 is 0. The van der Waals surface area contributed by atoms with Gasteiger partial charge in [0.1, 0.15) is 0 Å². The van der Waals surface area contributed by atoms with E-state index in [1.807, 2.05) is 0 Å². The fourth-order valence-electron chi connectivity index (χ4n) is 1.68. The predicted molar refractivity (Wildman–Crippen MR) is 84.8 cm³/mol. The zero-order valence-corrected chi connectivity index (χ0v) is 12.8. The van der Waals surface area contributed by atoms with Gasteiger partial charge in [-0.25, -0.2) is 0 Å². The van der Waals surface area contributed by atoms with Crippen LogP contribution < -0.4 is 21.5 Å². The lowest BCUT2D eigenvalue weighted by molar-refractivity contribution is -0.120. The fraction of sp³-hybridized carbons (Fsp3) is 0.286. The number of hydrazine groups is 1. The molecule has 0 unspecified atom stereocenters. The van der Waals surface area contributed by atoms with Gasteiger partial charge in [-0.05, 0) is 49.3 Å². The number of rotatable bonds is 3. The first-order valence-corrected chi connectivity index (χ1v) is 7.15. The minimum absolute atomic E-state index is 0.0387. The number of benzene rings is 1. The van der Waals surface area contributed by atoms with E-state index in [1.165, 1.54) is 6.92 Å². The van der Waals surface area contributed by atoms with Crippen molar-refractivity contribution < 1.29 is 14.4 Å². The van der Waals surface area contributed by atoms with Gasteiger partial charge in [0.15, 0.2) is 5.11 Å². The standard InChI is InChI=1S/C14H16N4O3S/c1-8(19)15-11-6-4-10(5-7-11)13(21)17-18-14(22)16-12(20)9-2-3-9/h4-7,9H,2-3H2,1H3,(H,15,19)(H,17,21)(H2,16,18,20,22). The monoisotopic (exact) mass is 320 g/mol. The first kappa shape index (κ1) is 15.9. The number of hydrogen-bond donors (Lipinski definition) is 4. The van der Waals surface area contributed by atoms with Crippen molar-refractivity contribution in [3.05, 3.63) is 29.8 Å². The second kappa shape index (κ2) is 6.99. The number of carbonyl (C=O) groups is 3. The van der Waals surface area contributed by atoms with Crippen molar-refractivity contribution in [3.8, 4) is 0 Å². The molecule has 1 saturated carbocycles. The van der Waals surface area contributed by atoms with Gasteiger partial charge >= 0.3 is 0 Å². The Morgan fingerprint density at radius 3 is 2.27 bits per heavy atom. The smallest absolute Gasteiger partial charge is 0.269 e. The Hall–Kier alpha value is -2.48. The van der Waals surface area contributed by atoms with Crippen LogP contribution in [0, 0.1) is 5.92 Å². The summed E-state index contributed by atoms with van der Waals surface area (Å²) in [5.41, 5.74) is 5.85. The first-order chi connectivity index (χ1) is 10.5. The lowest BCUT2D eigenvalue weighted by atomic mass is 10.2. The van der Waals surface area contributed by atoms with Crippen molar-refractivity contribution in [3.63, 3.8) is 0 Å². The molecule has 4 N–H and O–H groups in total. The summed E-state index contributed by atoms with van der Waals surface area (Å²) in [7, 11) is 0. The van der Waals surface area contributed by atoms with E-state index < -0.39 is 5.91 Å². The zero-order chi connectivity index (χ0) is 16.1. The Bertz CT molecular complexity index is 611. The molecule has 0 saturated heterocycles. The van der Waals surface area contributed by atoms with E-state index in [1.54, 1.807) is 24.3 Å². The summed E-state index contributed by atoms with van der Waals surface area (Å²) in [6, 6.07) is 6.36. The molecule has 22 heavy (non-hydrogen) atoms. The summed E-state index contributed by atoms with van der Waals surface area (Å²) >= 11 is 4.91. The molecule has 8 heteroatoms. The molecule has 1 fully saturated rings. The maximum absolute atomic E-state index is 11.9. The SMILES string of the molecule is CC(=O)Nc1ccc(C(=O)NNC(=S)NC(=O)C2CC2)cc1. The van der Waals surface area contributed by atoms with E-state index in [0.29, 0.717) is 11.3 Å². The molecule has 1 aliphatic rings. The second-order valence-electron chi connectivity index (χ2n) is 4.93. The quantitative estimate of drug-likeness (QED) is 0.485. The van der Waals surface area contributed by atoms with E-state index in [9.17, 15) is 14.4 Å². The van der Waals surface area contributed by atoms with Gasteiger partial charge in [-0.1, -0.05) is 0 Å². The summed E-state index contributed by atoms with van der Waals surface area (Å²) in [4.78, 5) is 34.3. The topological polar surface area (TPSA) is 99.3 Å². The number of nitrogens with one attached hydrogen (secondary N) is 4. The highest BCUT2D eigenvalue weighted by atomic mass is 32.1. The summed E-state index contributed by atoms with van der Waals surface area (Å²) in [6.07, 6.45) is 1.75. The Labute approximate surface area is 132 Å². The molecular weight excluding hydrogens is 304 g/mol. The van der Waals surface area contributed by atoms with Crippen molar-refractivity contribution in [1.82, 2.24) is 16.2 Å². The Morgan fingerprint density at radius 1 is 1.09 bits per heavy atom. The average molecular weight is 320 g/mol. The van der Waals surface area contributed by atoms with Gasteiger partial charge in [0.05, 0.1) is 0 Å². The molecule has 116 valence electrons. The van der Waals surface area contributed by atoms with Crippen molar-refractivity contribution in [2.24, 2.45) is 5.92 Å².